The van der Waals surface area contributed by atoms with Gasteiger partial charge in [0.1, 0.15) is 17.9 Å². The number of amides is 1. The number of halogens is 2. The van der Waals surface area contributed by atoms with Gasteiger partial charge in [-0.3, -0.25) is 9.69 Å². The zero-order chi connectivity index (χ0) is 29.8. The molecular formula is C29H33ClFN6O3P. The molecule has 3 N–H and O–H groups in total. The van der Waals surface area contributed by atoms with Gasteiger partial charge in [0.05, 0.1) is 35.9 Å². The van der Waals surface area contributed by atoms with Gasteiger partial charge in [-0.05, 0) is 77.2 Å². The monoisotopic (exact) mass is 598 g/mol. The van der Waals surface area contributed by atoms with Gasteiger partial charge < -0.3 is 25.3 Å². The van der Waals surface area contributed by atoms with E-state index < -0.39 is 24.4 Å². The van der Waals surface area contributed by atoms with Crippen LogP contribution < -0.4 is 26.0 Å². The average molecular weight is 599 g/mol. The van der Waals surface area contributed by atoms with Crippen molar-refractivity contribution < 1.29 is 18.5 Å². The van der Waals surface area contributed by atoms with Gasteiger partial charge in [0.2, 0.25) is 5.95 Å². The third-order valence-corrected chi connectivity index (χ3v) is 8.47. The number of para-hydroxylation sites is 1. The normalized spacial score (nSPS) is 13.7. The Hall–Kier alpha value is -3.64. The Morgan fingerprint density at radius 3 is 2.51 bits per heavy atom. The van der Waals surface area contributed by atoms with Gasteiger partial charge in [-0.25, -0.2) is 9.37 Å². The largest absolute Gasteiger partial charge is 0.494 e. The Balaban J connectivity index is 1.57. The molecule has 1 amide bonds. The lowest BCUT2D eigenvalue weighted by atomic mass is 10.0. The number of carbonyl (C=O) groups is 1. The molecule has 1 saturated heterocycles. The summed E-state index contributed by atoms with van der Waals surface area (Å²) in [5.74, 6) is 4.84. The number of ether oxygens (including phenoxy) is 1. The Morgan fingerprint density at radius 2 is 1.83 bits per heavy atom. The number of rotatable bonds is 8. The van der Waals surface area contributed by atoms with Crippen molar-refractivity contribution in [1.29, 1.82) is 0 Å². The Kier molecular flexibility index (Phi) is 9.23. The van der Waals surface area contributed by atoms with Crippen molar-refractivity contribution in [2.75, 3.05) is 49.5 Å². The summed E-state index contributed by atoms with van der Waals surface area (Å²) in [6, 6.07) is 9.72. The summed E-state index contributed by atoms with van der Waals surface area (Å²) in [7, 11) is -1.20. The third-order valence-electron chi connectivity index (χ3n) is 6.64. The van der Waals surface area contributed by atoms with Crippen molar-refractivity contribution in [2.24, 2.45) is 0 Å². The minimum Gasteiger partial charge on any atom is -0.494 e. The number of likely N-dealkylation sites (tertiary alicyclic amines) is 1. The van der Waals surface area contributed by atoms with Gasteiger partial charge in [-0.1, -0.05) is 29.7 Å². The number of anilines is 5. The molecule has 1 aliphatic heterocycles. The van der Waals surface area contributed by atoms with Crippen LogP contribution in [0, 0.1) is 17.7 Å². The molecule has 216 valence electrons. The number of aromatic nitrogens is 2. The molecule has 1 aromatic heterocycles. The zero-order valence-corrected chi connectivity index (χ0v) is 25.3. The quantitative estimate of drug-likeness (QED) is 0.220. The summed E-state index contributed by atoms with van der Waals surface area (Å²) >= 11 is 6.36. The van der Waals surface area contributed by atoms with Gasteiger partial charge >= 0.3 is 0 Å². The molecule has 1 fully saturated rings. The van der Waals surface area contributed by atoms with E-state index in [0.29, 0.717) is 16.7 Å². The lowest BCUT2D eigenvalue weighted by Crippen LogP contribution is -2.40. The van der Waals surface area contributed by atoms with E-state index in [9.17, 15) is 13.8 Å². The van der Waals surface area contributed by atoms with Gasteiger partial charge in [0, 0.05) is 11.4 Å². The molecule has 0 bridgehead atoms. The maximum absolute atomic E-state index is 14.9. The van der Waals surface area contributed by atoms with E-state index in [4.69, 9.17) is 16.3 Å². The van der Waals surface area contributed by atoms with Crippen molar-refractivity contribution in [3.8, 4) is 17.6 Å². The number of benzene rings is 2. The van der Waals surface area contributed by atoms with Gasteiger partial charge in [0.25, 0.3) is 5.91 Å². The molecule has 0 radical (unpaired) electrons. The highest BCUT2D eigenvalue weighted by atomic mass is 35.5. The van der Waals surface area contributed by atoms with Crippen LogP contribution in [0.4, 0.5) is 33.2 Å². The van der Waals surface area contributed by atoms with Gasteiger partial charge in [0.15, 0.2) is 11.6 Å². The van der Waals surface area contributed by atoms with Crippen LogP contribution in [0.25, 0.3) is 0 Å². The molecule has 2 heterocycles. The standard InChI is InChI=1S/C29H33ClFN6O3P/c1-29(2,37-14-8-9-15-37)13-12-26(38)33-22-17-23(24(40-3)16-20(22)31)35-28-32-18-19(30)27(36-28)34-21-10-6-7-11-25(21)41(4,5)39/h6-7,10-11,16-18H,8-9,14-15H2,1-5H3,(H,33,38)(H2,32,34,35,36). The average Bonchev–Trinajstić information content (AvgIpc) is 3.47. The lowest BCUT2D eigenvalue weighted by molar-refractivity contribution is -0.111. The summed E-state index contributed by atoms with van der Waals surface area (Å²) in [4.78, 5) is 23.5. The summed E-state index contributed by atoms with van der Waals surface area (Å²) in [6.07, 6.45) is 3.60. The fraction of sp³-hybridized carbons (Fsp3) is 0.345. The van der Waals surface area contributed by atoms with Crippen molar-refractivity contribution in [3.63, 3.8) is 0 Å². The second kappa shape index (κ2) is 12.5. The molecule has 3 aromatic rings. The summed E-state index contributed by atoms with van der Waals surface area (Å²) in [5, 5.41) is 9.54. The minimum absolute atomic E-state index is 0.0885. The summed E-state index contributed by atoms with van der Waals surface area (Å²) in [6.45, 7) is 9.15. The molecule has 0 atom stereocenters. The van der Waals surface area contributed by atoms with Crippen molar-refractivity contribution in [1.82, 2.24) is 14.9 Å². The summed E-state index contributed by atoms with van der Waals surface area (Å²) in [5.41, 5.74) is 0.345. The molecule has 0 spiro atoms. The topological polar surface area (TPSA) is 108 Å². The first kappa shape index (κ1) is 30.3. The smallest absolute Gasteiger partial charge is 0.300 e. The molecule has 41 heavy (non-hydrogen) atoms. The predicted molar refractivity (Wildman–Crippen MR) is 163 cm³/mol. The van der Waals surface area contributed by atoms with Crippen LogP contribution in [0.5, 0.6) is 5.75 Å². The first-order valence-electron chi connectivity index (χ1n) is 13.1. The van der Waals surface area contributed by atoms with Crippen LogP contribution in [0.2, 0.25) is 5.02 Å². The van der Waals surface area contributed by atoms with Crippen molar-refractivity contribution in [2.45, 2.75) is 32.2 Å². The molecule has 0 aliphatic carbocycles. The van der Waals surface area contributed by atoms with Crippen LogP contribution in [-0.2, 0) is 9.36 Å². The fourth-order valence-electron chi connectivity index (χ4n) is 4.45. The summed E-state index contributed by atoms with van der Waals surface area (Å²) < 4.78 is 33.0. The first-order chi connectivity index (χ1) is 19.4. The lowest BCUT2D eigenvalue weighted by Gasteiger charge is -2.30. The maximum Gasteiger partial charge on any atom is 0.300 e. The molecule has 2 aromatic carbocycles. The molecular weight excluding hydrogens is 566 g/mol. The van der Waals surface area contributed by atoms with Crippen LogP contribution in [0.1, 0.15) is 26.7 Å². The van der Waals surface area contributed by atoms with E-state index in [2.05, 4.69) is 42.7 Å². The van der Waals surface area contributed by atoms with Crippen molar-refractivity contribution >= 4 is 58.8 Å². The van der Waals surface area contributed by atoms with Crippen LogP contribution >= 0.6 is 18.7 Å². The molecule has 1 aliphatic rings. The Bertz CT molecular complexity index is 1560. The number of nitrogens with zero attached hydrogens (tertiary/aromatic N) is 3. The minimum atomic E-state index is -2.59. The van der Waals surface area contributed by atoms with E-state index in [-0.39, 0.29) is 28.2 Å². The number of hydrogen-bond donors (Lipinski definition) is 3. The second-order valence-corrected chi connectivity index (χ2v) is 14.1. The highest BCUT2D eigenvalue weighted by Crippen LogP contribution is 2.39. The SMILES string of the molecule is COc1cc(F)c(NC(=O)C#CC(C)(C)N2CCCC2)cc1Nc1ncc(Cl)c(Nc2ccccc2P(C)(C)=O)n1. The number of hydrogen-bond acceptors (Lipinski definition) is 8. The van der Waals surface area contributed by atoms with Gasteiger partial charge in [-0.15, -0.1) is 0 Å². The van der Waals surface area contributed by atoms with E-state index >= 15 is 0 Å². The van der Waals surface area contributed by atoms with E-state index in [1.54, 1.807) is 25.5 Å². The Morgan fingerprint density at radius 1 is 1.12 bits per heavy atom. The number of methoxy groups -OCH3 is 1. The predicted octanol–water partition coefficient (Wildman–Crippen LogP) is 5.83. The highest BCUT2D eigenvalue weighted by molar-refractivity contribution is 7.70. The Labute approximate surface area is 244 Å². The van der Waals surface area contributed by atoms with E-state index in [1.165, 1.54) is 19.4 Å². The number of carbonyl (C=O) groups excluding carboxylic acids is 1. The molecule has 12 heteroatoms. The van der Waals surface area contributed by atoms with Crippen LogP contribution in [0.3, 0.4) is 0 Å². The molecule has 9 nitrogen and oxygen atoms in total. The second-order valence-electron chi connectivity index (χ2n) is 10.5. The maximum atomic E-state index is 14.9. The molecule has 0 saturated carbocycles. The van der Waals surface area contributed by atoms with Crippen LogP contribution in [0.15, 0.2) is 42.6 Å². The molecule has 4 rings (SSSR count). The fourth-order valence-corrected chi connectivity index (χ4v) is 5.74. The van der Waals surface area contributed by atoms with Crippen molar-refractivity contribution in [3.05, 3.63) is 53.4 Å². The number of nitrogens with one attached hydrogen (secondary N) is 3. The third kappa shape index (κ3) is 7.56. The van der Waals surface area contributed by atoms with Crippen LogP contribution in [-0.4, -0.2) is 59.8 Å². The first-order valence-corrected chi connectivity index (χ1v) is 16.0. The van der Waals surface area contributed by atoms with E-state index in [0.717, 1.165) is 32.0 Å². The molecule has 0 unspecified atom stereocenters. The van der Waals surface area contributed by atoms with E-state index in [1.807, 2.05) is 26.0 Å². The zero-order valence-electron chi connectivity index (χ0n) is 23.6. The highest BCUT2D eigenvalue weighted by Gasteiger charge is 2.27. The van der Waals surface area contributed by atoms with Gasteiger partial charge in [-0.2, -0.15) is 4.98 Å².